The van der Waals surface area contributed by atoms with E-state index in [9.17, 15) is 0 Å². The van der Waals surface area contributed by atoms with Crippen molar-refractivity contribution in [1.29, 1.82) is 0 Å². The number of hydrogen-bond donors (Lipinski definition) is 0. The first-order chi connectivity index (χ1) is 7.34. The minimum absolute atomic E-state index is 0.535. The lowest BCUT2D eigenvalue weighted by molar-refractivity contribution is 0.409. The molecular formula is C11H14N4. The van der Waals surface area contributed by atoms with Crippen molar-refractivity contribution in [3.8, 4) is 0 Å². The van der Waals surface area contributed by atoms with Crippen LogP contribution in [0.4, 0.5) is 0 Å². The molecule has 2 aromatic heterocycles. The quantitative estimate of drug-likeness (QED) is 0.695. The predicted molar refractivity (Wildman–Crippen MR) is 57.8 cm³/mol. The van der Waals surface area contributed by atoms with E-state index in [2.05, 4.69) is 26.5 Å². The Morgan fingerprint density at radius 2 is 2.27 bits per heavy atom. The van der Waals surface area contributed by atoms with Crippen molar-refractivity contribution in [3.63, 3.8) is 0 Å². The van der Waals surface area contributed by atoms with Crippen LogP contribution in [-0.4, -0.2) is 39.6 Å². The van der Waals surface area contributed by atoms with Crippen molar-refractivity contribution in [1.82, 2.24) is 19.5 Å². The molecule has 1 saturated heterocycles. The van der Waals surface area contributed by atoms with Crippen LogP contribution in [0.3, 0.4) is 0 Å². The molecule has 4 heteroatoms. The van der Waals surface area contributed by atoms with Gasteiger partial charge in [-0.3, -0.25) is 4.40 Å². The molecule has 0 bridgehead atoms. The van der Waals surface area contributed by atoms with Crippen molar-refractivity contribution in [2.24, 2.45) is 0 Å². The molecule has 4 nitrogen and oxygen atoms in total. The Labute approximate surface area is 88.5 Å². The van der Waals surface area contributed by atoms with E-state index < -0.39 is 0 Å². The van der Waals surface area contributed by atoms with E-state index in [0.717, 1.165) is 24.6 Å². The predicted octanol–water partition coefficient (Wildman–Crippen LogP) is 1.15. The summed E-state index contributed by atoms with van der Waals surface area (Å²) in [5.74, 6) is 1.64. The van der Waals surface area contributed by atoms with Gasteiger partial charge in [-0.1, -0.05) is 6.07 Å². The molecule has 0 amide bonds. The fraction of sp³-hybridized carbons (Fsp3) is 0.455. The van der Waals surface area contributed by atoms with Gasteiger partial charge in [0.1, 0.15) is 5.82 Å². The Balaban J connectivity index is 2.04. The SMILES string of the molecule is CN1CCC(c2nnc3ccccn23)C1. The van der Waals surface area contributed by atoms with Gasteiger partial charge >= 0.3 is 0 Å². The van der Waals surface area contributed by atoms with Crippen molar-refractivity contribution in [3.05, 3.63) is 30.2 Å². The lowest BCUT2D eigenvalue weighted by Gasteiger charge is -2.08. The molecule has 1 atom stereocenters. The number of aromatic nitrogens is 3. The molecule has 0 saturated carbocycles. The van der Waals surface area contributed by atoms with E-state index in [0.29, 0.717) is 5.92 Å². The summed E-state index contributed by atoms with van der Waals surface area (Å²) in [5.41, 5.74) is 0.946. The summed E-state index contributed by atoms with van der Waals surface area (Å²) >= 11 is 0. The molecule has 15 heavy (non-hydrogen) atoms. The monoisotopic (exact) mass is 202 g/mol. The maximum Gasteiger partial charge on any atom is 0.160 e. The summed E-state index contributed by atoms with van der Waals surface area (Å²) in [7, 11) is 2.16. The molecule has 1 fully saturated rings. The summed E-state index contributed by atoms with van der Waals surface area (Å²) < 4.78 is 2.10. The standard InChI is InChI=1S/C11H14N4/c1-14-7-5-9(8-14)11-13-12-10-4-2-3-6-15(10)11/h2-4,6,9H,5,7-8H2,1H3. The molecule has 3 rings (SSSR count). The van der Waals surface area contributed by atoms with E-state index in [4.69, 9.17) is 0 Å². The van der Waals surface area contributed by atoms with Crippen molar-refractivity contribution < 1.29 is 0 Å². The van der Waals surface area contributed by atoms with Gasteiger partial charge in [0.15, 0.2) is 5.65 Å². The zero-order valence-corrected chi connectivity index (χ0v) is 8.80. The van der Waals surface area contributed by atoms with Gasteiger partial charge in [-0.2, -0.15) is 0 Å². The Morgan fingerprint density at radius 3 is 3.07 bits per heavy atom. The van der Waals surface area contributed by atoms with Crippen LogP contribution in [0.2, 0.25) is 0 Å². The molecular weight excluding hydrogens is 188 g/mol. The van der Waals surface area contributed by atoms with Crippen LogP contribution in [0, 0.1) is 0 Å². The van der Waals surface area contributed by atoms with Crippen molar-refractivity contribution >= 4 is 5.65 Å². The van der Waals surface area contributed by atoms with Gasteiger partial charge in [0.05, 0.1) is 0 Å². The number of rotatable bonds is 1. The minimum atomic E-state index is 0.535. The Hall–Kier alpha value is -1.42. The third kappa shape index (κ3) is 1.41. The van der Waals surface area contributed by atoms with E-state index in [1.54, 1.807) is 0 Å². The zero-order valence-electron chi connectivity index (χ0n) is 8.80. The number of likely N-dealkylation sites (tertiary alicyclic amines) is 1. The molecule has 0 aromatic carbocycles. The number of fused-ring (bicyclic) bond motifs is 1. The van der Waals surface area contributed by atoms with Gasteiger partial charge in [-0.05, 0) is 32.1 Å². The van der Waals surface area contributed by atoms with Crippen LogP contribution >= 0.6 is 0 Å². The van der Waals surface area contributed by atoms with E-state index in [1.807, 2.05) is 24.4 Å². The number of likely N-dealkylation sites (N-methyl/N-ethyl adjacent to an activating group) is 1. The molecule has 0 spiro atoms. The maximum absolute atomic E-state index is 4.30. The highest BCUT2D eigenvalue weighted by atomic mass is 15.3. The molecule has 0 aliphatic carbocycles. The largest absolute Gasteiger partial charge is 0.306 e. The van der Waals surface area contributed by atoms with E-state index in [-0.39, 0.29) is 0 Å². The number of pyridine rings is 1. The Morgan fingerprint density at radius 1 is 1.33 bits per heavy atom. The first kappa shape index (κ1) is 8.85. The summed E-state index contributed by atoms with van der Waals surface area (Å²) in [6, 6.07) is 6.02. The third-order valence-electron chi connectivity index (χ3n) is 3.10. The van der Waals surface area contributed by atoms with Crippen molar-refractivity contribution in [2.75, 3.05) is 20.1 Å². The first-order valence-corrected chi connectivity index (χ1v) is 5.33. The first-order valence-electron chi connectivity index (χ1n) is 5.33. The lowest BCUT2D eigenvalue weighted by Crippen LogP contribution is -2.14. The normalized spacial score (nSPS) is 22.6. The van der Waals surface area contributed by atoms with E-state index >= 15 is 0 Å². The molecule has 0 radical (unpaired) electrons. The second kappa shape index (κ2) is 3.31. The number of hydrogen-bond acceptors (Lipinski definition) is 3. The van der Waals surface area contributed by atoms with Crippen LogP contribution < -0.4 is 0 Å². The summed E-state index contributed by atoms with van der Waals surface area (Å²) in [4.78, 5) is 2.34. The maximum atomic E-state index is 4.30. The fourth-order valence-corrected chi connectivity index (χ4v) is 2.28. The molecule has 1 unspecified atom stereocenters. The highest BCUT2D eigenvalue weighted by Crippen LogP contribution is 2.24. The summed E-state index contributed by atoms with van der Waals surface area (Å²) in [5, 5.41) is 8.48. The molecule has 2 aromatic rings. The van der Waals surface area contributed by atoms with Crippen LogP contribution in [0.15, 0.2) is 24.4 Å². The zero-order chi connectivity index (χ0) is 10.3. The molecule has 1 aliphatic heterocycles. The molecule has 3 heterocycles. The Kier molecular flexibility index (Phi) is 1.95. The van der Waals surface area contributed by atoms with Gasteiger partial charge in [0.2, 0.25) is 0 Å². The van der Waals surface area contributed by atoms with Gasteiger partial charge in [0.25, 0.3) is 0 Å². The third-order valence-corrected chi connectivity index (χ3v) is 3.10. The van der Waals surface area contributed by atoms with E-state index in [1.165, 1.54) is 6.42 Å². The van der Waals surface area contributed by atoms with Crippen molar-refractivity contribution in [2.45, 2.75) is 12.3 Å². The second-order valence-corrected chi connectivity index (χ2v) is 4.23. The molecule has 1 aliphatic rings. The van der Waals surface area contributed by atoms with Gasteiger partial charge in [-0.15, -0.1) is 10.2 Å². The van der Waals surface area contributed by atoms with Gasteiger partial charge in [0, 0.05) is 18.7 Å². The van der Waals surface area contributed by atoms with Crippen LogP contribution in [0.1, 0.15) is 18.2 Å². The van der Waals surface area contributed by atoms with Gasteiger partial charge in [-0.25, -0.2) is 0 Å². The highest BCUT2D eigenvalue weighted by molar-refractivity contribution is 5.37. The highest BCUT2D eigenvalue weighted by Gasteiger charge is 2.25. The van der Waals surface area contributed by atoms with Gasteiger partial charge < -0.3 is 4.90 Å². The summed E-state index contributed by atoms with van der Waals surface area (Å²) in [6.45, 7) is 2.25. The van der Waals surface area contributed by atoms with Crippen LogP contribution in [0.25, 0.3) is 5.65 Å². The average Bonchev–Trinajstić information content (AvgIpc) is 2.83. The Bertz CT molecular complexity index is 476. The topological polar surface area (TPSA) is 33.4 Å². The van der Waals surface area contributed by atoms with Crippen LogP contribution in [-0.2, 0) is 0 Å². The molecule has 0 N–H and O–H groups in total. The number of nitrogens with zero attached hydrogens (tertiary/aromatic N) is 4. The fourth-order valence-electron chi connectivity index (χ4n) is 2.28. The minimum Gasteiger partial charge on any atom is -0.306 e. The van der Waals surface area contributed by atoms with Crippen LogP contribution in [0.5, 0.6) is 0 Å². The average molecular weight is 202 g/mol. The molecule has 78 valence electrons. The smallest absolute Gasteiger partial charge is 0.160 e. The lowest BCUT2D eigenvalue weighted by atomic mass is 10.1. The second-order valence-electron chi connectivity index (χ2n) is 4.23. The summed E-state index contributed by atoms with van der Waals surface area (Å²) in [6.07, 6.45) is 3.23.